The minimum absolute atomic E-state index is 0.00491. The van der Waals surface area contributed by atoms with Crippen molar-refractivity contribution in [2.24, 2.45) is 0 Å². The third-order valence-electron chi connectivity index (χ3n) is 4.54. The number of nitrogens with two attached hydrogens (primary N) is 1. The Hall–Kier alpha value is -2.80. The zero-order valence-electron chi connectivity index (χ0n) is 13.9. The van der Waals surface area contributed by atoms with Gasteiger partial charge in [-0.15, -0.1) is 0 Å². The van der Waals surface area contributed by atoms with Crippen LogP contribution in [0.15, 0.2) is 30.5 Å². The van der Waals surface area contributed by atoms with Gasteiger partial charge in [-0.1, -0.05) is 6.07 Å². The topological polar surface area (TPSA) is 101 Å². The number of nitrogens with zero attached hydrogens (tertiary/aromatic N) is 5. The van der Waals surface area contributed by atoms with Crippen molar-refractivity contribution in [2.45, 2.75) is 19.3 Å². The lowest BCUT2D eigenvalue weighted by atomic mass is 10.1. The number of aromatic hydroxyl groups is 1. The summed E-state index contributed by atoms with van der Waals surface area (Å²) in [6.07, 6.45) is 4.88. The normalized spacial score (nSPS) is 15.0. The van der Waals surface area contributed by atoms with Gasteiger partial charge in [0.2, 0.25) is 11.8 Å². The van der Waals surface area contributed by atoms with Crippen LogP contribution in [-0.4, -0.2) is 49.6 Å². The van der Waals surface area contributed by atoms with Crippen LogP contribution in [0.2, 0.25) is 0 Å². The van der Waals surface area contributed by atoms with Crippen LogP contribution < -0.4 is 5.73 Å². The first-order valence-electron chi connectivity index (χ1n) is 8.50. The van der Waals surface area contributed by atoms with Crippen LogP contribution in [0.3, 0.4) is 0 Å². The molecule has 0 unspecified atom stereocenters. The molecule has 0 bridgehead atoms. The highest BCUT2D eigenvalue weighted by Crippen LogP contribution is 2.27. The molecule has 7 nitrogen and oxygen atoms in total. The van der Waals surface area contributed by atoms with E-state index < -0.39 is 0 Å². The Balaban J connectivity index is 1.62. The predicted octanol–water partition coefficient (Wildman–Crippen LogP) is 2.01. The van der Waals surface area contributed by atoms with Crippen LogP contribution in [0.25, 0.3) is 22.2 Å². The molecule has 1 aromatic carbocycles. The van der Waals surface area contributed by atoms with E-state index in [-0.39, 0.29) is 11.8 Å². The van der Waals surface area contributed by atoms with E-state index in [9.17, 15) is 5.11 Å². The summed E-state index contributed by atoms with van der Waals surface area (Å²) in [4.78, 5) is 19.4. The van der Waals surface area contributed by atoms with Gasteiger partial charge < -0.3 is 15.7 Å². The maximum atomic E-state index is 10.3. The molecule has 0 atom stereocenters. The van der Waals surface area contributed by atoms with Gasteiger partial charge >= 0.3 is 0 Å². The molecule has 1 aliphatic heterocycles. The summed E-state index contributed by atoms with van der Waals surface area (Å²) >= 11 is 0. The van der Waals surface area contributed by atoms with Gasteiger partial charge in [-0.25, -0.2) is 15.0 Å². The van der Waals surface area contributed by atoms with E-state index in [1.54, 1.807) is 12.3 Å². The lowest BCUT2D eigenvalue weighted by molar-refractivity contribution is 0.340. The van der Waals surface area contributed by atoms with E-state index >= 15 is 0 Å². The highest BCUT2D eigenvalue weighted by atomic mass is 16.3. The Labute approximate surface area is 145 Å². The van der Waals surface area contributed by atoms with Gasteiger partial charge in [0.25, 0.3) is 0 Å². The first-order chi connectivity index (χ1) is 12.2. The molecule has 0 amide bonds. The van der Waals surface area contributed by atoms with Crippen molar-refractivity contribution < 1.29 is 5.11 Å². The molecule has 25 heavy (non-hydrogen) atoms. The summed E-state index contributed by atoms with van der Waals surface area (Å²) in [5.74, 6) is 0.900. The highest BCUT2D eigenvalue weighted by molar-refractivity contribution is 5.87. The lowest BCUT2D eigenvalue weighted by Crippen LogP contribution is -2.22. The molecule has 4 rings (SSSR count). The van der Waals surface area contributed by atoms with Crippen LogP contribution in [0.5, 0.6) is 5.88 Å². The van der Waals surface area contributed by atoms with Crippen molar-refractivity contribution in [3.63, 3.8) is 0 Å². The van der Waals surface area contributed by atoms with E-state index in [2.05, 4.69) is 24.8 Å². The molecule has 3 heterocycles. The van der Waals surface area contributed by atoms with E-state index in [0.717, 1.165) is 37.1 Å². The molecule has 1 fully saturated rings. The molecule has 128 valence electrons. The fourth-order valence-corrected chi connectivity index (χ4v) is 3.23. The molecule has 0 saturated carbocycles. The minimum Gasteiger partial charge on any atom is -0.493 e. The fraction of sp³-hybridized carbons (Fsp3) is 0.333. The van der Waals surface area contributed by atoms with Gasteiger partial charge in [0, 0.05) is 24.7 Å². The summed E-state index contributed by atoms with van der Waals surface area (Å²) in [5.41, 5.74) is 7.91. The number of anilines is 1. The highest BCUT2D eigenvalue weighted by Gasteiger charge is 2.13. The fourth-order valence-electron chi connectivity index (χ4n) is 3.23. The average Bonchev–Trinajstić information content (AvgIpc) is 3.13. The second-order valence-corrected chi connectivity index (χ2v) is 6.29. The van der Waals surface area contributed by atoms with Crippen molar-refractivity contribution in [3.05, 3.63) is 36.3 Å². The molecule has 0 aliphatic carbocycles. The molecule has 2 aromatic heterocycles. The Morgan fingerprint density at radius 1 is 1.08 bits per heavy atom. The predicted molar refractivity (Wildman–Crippen MR) is 96.0 cm³/mol. The Morgan fingerprint density at radius 2 is 1.92 bits per heavy atom. The zero-order valence-corrected chi connectivity index (χ0v) is 13.9. The van der Waals surface area contributed by atoms with Gasteiger partial charge in [0.1, 0.15) is 5.82 Å². The number of rotatable bonds is 4. The van der Waals surface area contributed by atoms with Crippen molar-refractivity contribution in [1.82, 2.24) is 24.8 Å². The number of nitrogen functional groups attached to an aromatic ring is 1. The smallest absolute Gasteiger partial charge is 0.222 e. The molecule has 7 heteroatoms. The van der Waals surface area contributed by atoms with Crippen molar-refractivity contribution in [3.8, 4) is 17.1 Å². The average molecular weight is 336 g/mol. The lowest BCUT2D eigenvalue weighted by Gasteiger charge is -2.13. The molecule has 1 aliphatic rings. The van der Waals surface area contributed by atoms with Crippen molar-refractivity contribution in [2.75, 3.05) is 25.4 Å². The first-order valence-corrected chi connectivity index (χ1v) is 8.50. The maximum absolute atomic E-state index is 10.3. The van der Waals surface area contributed by atoms with E-state index in [1.807, 2.05) is 18.2 Å². The molecular formula is C18H20N6O. The first kappa shape index (κ1) is 15.7. The maximum Gasteiger partial charge on any atom is 0.222 e. The van der Waals surface area contributed by atoms with Crippen LogP contribution >= 0.6 is 0 Å². The number of aromatic nitrogens is 4. The number of hydrogen-bond donors (Lipinski definition) is 2. The number of hydrogen-bond acceptors (Lipinski definition) is 7. The second-order valence-electron chi connectivity index (χ2n) is 6.29. The Morgan fingerprint density at radius 3 is 2.72 bits per heavy atom. The number of likely N-dealkylation sites (tertiary alicyclic amines) is 1. The number of benzene rings is 1. The molecule has 3 aromatic rings. The zero-order chi connectivity index (χ0) is 17.2. The van der Waals surface area contributed by atoms with Crippen LogP contribution in [0.1, 0.15) is 18.7 Å². The van der Waals surface area contributed by atoms with E-state index in [4.69, 9.17) is 5.73 Å². The molecule has 3 N–H and O–H groups in total. The van der Waals surface area contributed by atoms with Crippen LogP contribution in [0, 0.1) is 0 Å². The summed E-state index contributed by atoms with van der Waals surface area (Å²) in [7, 11) is 0. The van der Waals surface area contributed by atoms with Gasteiger partial charge in [-0.3, -0.25) is 0 Å². The Kier molecular flexibility index (Phi) is 4.15. The van der Waals surface area contributed by atoms with Gasteiger partial charge in [-0.05, 0) is 44.1 Å². The van der Waals surface area contributed by atoms with Crippen LogP contribution in [0.4, 0.5) is 5.95 Å². The third-order valence-corrected chi connectivity index (χ3v) is 4.54. The van der Waals surface area contributed by atoms with E-state index in [1.165, 1.54) is 12.8 Å². The van der Waals surface area contributed by atoms with Crippen molar-refractivity contribution in [1.29, 1.82) is 0 Å². The molecular weight excluding hydrogens is 316 g/mol. The standard InChI is InChI=1S/C18H20N6O/c19-18-20-7-5-14(22-18)12-3-4-15-13(11-12)17(25)23-16(21-15)6-10-24-8-1-2-9-24/h3-5,7,11H,1-2,6,8-10H2,(H2,19,20,22)(H,21,23,25). The van der Waals surface area contributed by atoms with Crippen LogP contribution in [-0.2, 0) is 6.42 Å². The minimum atomic E-state index is 0.00491. The third kappa shape index (κ3) is 3.36. The summed E-state index contributed by atoms with van der Waals surface area (Å²) in [6.45, 7) is 3.22. The summed E-state index contributed by atoms with van der Waals surface area (Å²) in [6, 6.07) is 7.40. The monoisotopic (exact) mass is 336 g/mol. The summed E-state index contributed by atoms with van der Waals surface area (Å²) < 4.78 is 0. The van der Waals surface area contributed by atoms with Gasteiger partial charge in [-0.2, -0.15) is 4.98 Å². The largest absolute Gasteiger partial charge is 0.493 e. The van der Waals surface area contributed by atoms with Crippen molar-refractivity contribution >= 4 is 16.9 Å². The van der Waals surface area contributed by atoms with Gasteiger partial charge in [0.15, 0.2) is 0 Å². The number of fused-ring (bicyclic) bond motifs is 1. The summed E-state index contributed by atoms with van der Waals surface area (Å²) in [5, 5.41) is 11.0. The van der Waals surface area contributed by atoms with E-state index in [0.29, 0.717) is 16.9 Å². The quantitative estimate of drug-likeness (QED) is 0.751. The Bertz CT molecular complexity index is 907. The SMILES string of the molecule is Nc1nccc(-c2ccc3nc(CCN4CCCC4)nc(O)c3c2)n1. The second kappa shape index (κ2) is 6.60. The van der Waals surface area contributed by atoms with Gasteiger partial charge in [0.05, 0.1) is 16.6 Å². The molecule has 0 radical (unpaired) electrons. The molecule has 1 saturated heterocycles. The molecule has 0 spiro atoms.